The van der Waals surface area contributed by atoms with Crippen LogP contribution in [0.1, 0.15) is 183 Å². The molecule has 2 aromatic carbocycles. The zero-order valence-electron chi connectivity index (χ0n) is 38.7. The van der Waals surface area contributed by atoms with Crippen molar-refractivity contribution < 1.29 is 44.6 Å². The Kier molecular flexibility index (Phi) is 23.1. The molecule has 9 heteroatoms. The minimum atomic E-state index is -0.577. The van der Waals surface area contributed by atoms with Crippen molar-refractivity contribution in [1.29, 1.82) is 0 Å². The molecule has 0 heterocycles. The van der Waals surface area contributed by atoms with Crippen LogP contribution in [0.15, 0.2) is 60.7 Å². The zero-order chi connectivity index (χ0) is 45.7. The van der Waals surface area contributed by atoms with Gasteiger partial charge in [0.05, 0.1) is 24.4 Å². The van der Waals surface area contributed by atoms with Crippen LogP contribution in [0.4, 0.5) is 0 Å². The first kappa shape index (κ1) is 52.6. The highest BCUT2D eigenvalue weighted by Gasteiger charge is 2.31. The molecule has 0 aliphatic heterocycles. The van der Waals surface area contributed by atoms with E-state index in [4.69, 9.17) is 9.47 Å². The molecule has 9 nitrogen and oxygen atoms in total. The van der Waals surface area contributed by atoms with Gasteiger partial charge in [-0.05, 0) is 113 Å². The Morgan fingerprint density at radius 3 is 1.77 bits per heavy atom. The SMILES string of the molecule is C=C(C)[C@@H]1C=CC(C)(O)CC1.C=C(C)[C@H]1CCC(C)C=C1c1c(O)cc(CCC)c(C(=O)OCCCCCC)c1O.CCCCCCOC(=O)c1c(O)cc(O)cc1CCC. The van der Waals surface area contributed by atoms with Crippen molar-refractivity contribution in [2.75, 3.05) is 13.2 Å². The molecule has 0 aromatic heterocycles. The number of phenols is 4. The minimum Gasteiger partial charge on any atom is -0.508 e. The smallest absolute Gasteiger partial charge is 0.342 e. The third-order valence-electron chi connectivity index (χ3n) is 11.4. The summed E-state index contributed by atoms with van der Waals surface area (Å²) in [5, 5.41) is 50.9. The molecule has 0 radical (unpaired) electrons. The highest BCUT2D eigenvalue weighted by molar-refractivity contribution is 5.98. The van der Waals surface area contributed by atoms with E-state index < -0.39 is 17.5 Å². The summed E-state index contributed by atoms with van der Waals surface area (Å²) in [5.74, 6) is -0.558. The number of allylic oxidation sites excluding steroid dienone is 5. The number of rotatable bonds is 19. The quantitative estimate of drug-likeness (QED) is 0.0528. The number of aromatic hydroxyl groups is 4. The van der Waals surface area contributed by atoms with Gasteiger partial charge in [0.2, 0.25) is 0 Å². The number of carbonyl (C=O) groups is 2. The normalized spacial score (nSPS) is 19.4. The van der Waals surface area contributed by atoms with E-state index in [1.165, 1.54) is 17.7 Å². The lowest BCUT2D eigenvalue weighted by Crippen LogP contribution is -2.25. The standard InChI is InChI=1S/C26H38O4.C16H24O4.C10H16O/c1-6-8-9-10-14-30-26(29)23-19(11-7-2)16-22(27)24(25(23)28)21-15-18(5)12-13-20(21)17(3)4;1-3-5-6-7-9-20-16(19)15-12(8-4-2)10-13(17)11-14(15)18;1-8(2)9-4-6-10(3,11)7-5-9/h15-16,18,20,27-28H,3,6-14H2,1-2,4-5H3;10-11,17-18H,3-9H2,1-2H3;4,6,9,11H,1,5,7H2,2-3H3/t18?,20-;;9-,10?/m1.1/s1. The van der Waals surface area contributed by atoms with Crippen LogP contribution in [0.2, 0.25) is 0 Å². The minimum absolute atomic E-state index is 0.0158. The van der Waals surface area contributed by atoms with Gasteiger partial charge in [0.25, 0.3) is 0 Å². The number of hydrogen-bond acceptors (Lipinski definition) is 9. The van der Waals surface area contributed by atoms with Crippen LogP contribution in [0, 0.1) is 17.8 Å². The van der Waals surface area contributed by atoms with Gasteiger partial charge in [-0.2, -0.15) is 0 Å². The van der Waals surface area contributed by atoms with E-state index in [2.05, 4.69) is 46.1 Å². The number of carbonyl (C=O) groups excluding carboxylic acids is 2. The average molecular weight is 847 g/mol. The summed E-state index contributed by atoms with van der Waals surface area (Å²) < 4.78 is 10.7. The summed E-state index contributed by atoms with van der Waals surface area (Å²) in [6.07, 6.45) is 20.9. The largest absolute Gasteiger partial charge is 0.508 e. The maximum absolute atomic E-state index is 12.9. The Morgan fingerprint density at radius 1 is 0.721 bits per heavy atom. The van der Waals surface area contributed by atoms with E-state index in [0.29, 0.717) is 54.6 Å². The van der Waals surface area contributed by atoms with E-state index in [9.17, 15) is 35.1 Å². The molecule has 340 valence electrons. The highest BCUT2D eigenvalue weighted by atomic mass is 16.5. The van der Waals surface area contributed by atoms with Crippen molar-refractivity contribution >= 4 is 17.5 Å². The van der Waals surface area contributed by atoms with Crippen molar-refractivity contribution in [1.82, 2.24) is 0 Å². The van der Waals surface area contributed by atoms with E-state index in [-0.39, 0.29) is 40.0 Å². The molecule has 0 saturated heterocycles. The van der Waals surface area contributed by atoms with Crippen molar-refractivity contribution in [2.24, 2.45) is 17.8 Å². The summed E-state index contributed by atoms with van der Waals surface area (Å²) in [5.41, 5.74) is 4.45. The van der Waals surface area contributed by atoms with E-state index in [1.807, 2.05) is 40.7 Å². The molecule has 4 rings (SSSR count). The van der Waals surface area contributed by atoms with Crippen LogP contribution in [0.3, 0.4) is 0 Å². The van der Waals surface area contributed by atoms with Gasteiger partial charge >= 0.3 is 11.9 Å². The lowest BCUT2D eigenvalue weighted by molar-refractivity contribution is 0.0483. The zero-order valence-corrected chi connectivity index (χ0v) is 38.7. The van der Waals surface area contributed by atoms with Gasteiger partial charge in [-0.25, -0.2) is 9.59 Å². The molecule has 0 bridgehead atoms. The highest BCUT2D eigenvalue weighted by Crippen LogP contribution is 2.47. The Bertz CT molecular complexity index is 1800. The van der Waals surface area contributed by atoms with E-state index in [1.54, 1.807) is 6.07 Å². The summed E-state index contributed by atoms with van der Waals surface area (Å²) in [6, 6.07) is 4.31. The number of aliphatic hydroxyl groups is 1. The van der Waals surface area contributed by atoms with Gasteiger partial charge in [-0.15, -0.1) is 0 Å². The number of aryl methyl sites for hydroxylation is 2. The molecule has 0 fully saturated rings. The van der Waals surface area contributed by atoms with Crippen molar-refractivity contribution in [3.8, 4) is 23.0 Å². The van der Waals surface area contributed by atoms with Crippen LogP contribution >= 0.6 is 0 Å². The topological polar surface area (TPSA) is 154 Å². The maximum atomic E-state index is 12.9. The van der Waals surface area contributed by atoms with Gasteiger partial charge in [0, 0.05) is 12.0 Å². The number of phenolic OH excluding ortho intramolecular Hbond substituents is 4. The second-order valence-electron chi connectivity index (χ2n) is 17.3. The van der Waals surface area contributed by atoms with Crippen LogP contribution in [-0.2, 0) is 22.3 Å². The fourth-order valence-electron chi connectivity index (χ4n) is 7.81. The molecule has 0 spiro atoms. The van der Waals surface area contributed by atoms with Crippen molar-refractivity contribution in [2.45, 2.75) is 164 Å². The fourth-order valence-corrected chi connectivity index (χ4v) is 7.81. The van der Waals surface area contributed by atoms with E-state index in [0.717, 1.165) is 101 Å². The second-order valence-corrected chi connectivity index (χ2v) is 17.3. The first-order valence-corrected chi connectivity index (χ1v) is 22.8. The van der Waals surface area contributed by atoms with Gasteiger partial charge in [-0.3, -0.25) is 0 Å². The Labute approximate surface area is 367 Å². The second kappa shape index (κ2) is 26.8. The molecule has 2 unspecified atom stereocenters. The van der Waals surface area contributed by atoms with Gasteiger partial charge in [0.1, 0.15) is 34.1 Å². The molecular weight excluding hydrogens is 769 g/mol. The lowest BCUT2D eigenvalue weighted by Gasteiger charge is -2.29. The Morgan fingerprint density at radius 2 is 1.28 bits per heavy atom. The van der Waals surface area contributed by atoms with Crippen molar-refractivity contribution in [3.63, 3.8) is 0 Å². The van der Waals surface area contributed by atoms with Crippen LogP contribution < -0.4 is 0 Å². The van der Waals surface area contributed by atoms with Gasteiger partial charge in [-0.1, -0.05) is 129 Å². The van der Waals surface area contributed by atoms with Gasteiger partial charge < -0.3 is 35.0 Å². The summed E-state index contributed by atoms with van der Waals surface area (Å²) in [6.45, 7) is 24.9. The predicted octanol–water partition coefficient (Wildman–Crippen LogP) is 12.9. The number of hydrogen-bond donors (Lipinski definition) is 5. The number of esters is 2. The molecule has 2 aliphatic rings. The first-order chi connectivity index (χ1) is 28.9. The lowest BCUT2D eigenvalue weighted by atomic mass is 9.76. The predicted molar refractivity (Wildman–Crippen MR) is 248 cm³/mol. The fraction of sp³-hybridized carbons (Fsp3) is 0.577. The third kappa shape index (κ3) is 17.1. The number of unbranched alkanes of at least 4 members (excludes halogenated alkanes) is 6. The summed E-state index contributed by atoms with van der Waals surface area (Å²) >= 11 is 0. The number of benzene rings is 2. The first-order valence-electron chi connectivity index (χ1n) is 22.8. The molecule has 4 atom stereocenters. The van der Waals surface area contributed by atoms with Crippen LogP contribution in [0.5, 0.6) is 23.0 Å². The Hall–Kier alpha value is -4.50. The average Bonchev–Trinajstić information content (AvgIpc) is 3.18. The van der Waals surface area contributed by atoms with Crippen molar-refractivity contribution in [3.05, 3.63) is 88.5 Å². The van der Waals surface area contributed by atoms with E-state index >= 15 is 0 Å². The summed E-state index contributed by atoms with van der Waals surface area (Å²) in [7, 11) is 0. The monoisotopic (exact) mass is 847 g/mol. The maximum Gasteiger partial charge on any atom is 0.342 e. The molecule has 5 N–H and O–H groups in total. The Balaban J connectivity index is 0.000000353. The van der Waals surface area contributed by atoms with Gasteiger partial charge in [0.15, 0.2) is 0 Å². The summed E-state index contributed by atoms with van der Waals surface area (Å²) in [4.78, 5) is 25.0. The number of ether oxygens (including phenoxy) is 2. The molecular formula is C52H78O9. The van der Waals surface area contributed by atoms with Crippen LogP contribution in [0.25, 0.3) is 5.57 Å². The molecule has 0 amide bonds. The van der Waals surface area contributed by atoms with Crippen LogP contribution in [-0.4, -0.2) is 56.3 Å². The molecule has 61 heavy (non-hydrogen) atoms. The molecule has 2 aromatic rings. The molecule has 2 aliphatic carbocycles. The molecule has 0 saturated carbocycles. The third-order valence-corrected chi connectivity index (χ3v) is 11.4.